The molecule has 2 unspecified atom stereocenters. The molecule has 1 heterocycles. The van der Waals surface area contributed by atoms with E-state index in [0.29, 0.717) is 25.9 Å². The van der Waals surface area contributed by atoms with Crippen molar-refractivity contribution in [2.75, 3.05) is 13.2 Å². The number of carbonyl (C=O) groups is 1. The van der Waals surface area contributed by atoms with E-state index >= 15 is 0 Å². The standard InChI is InChI=1S/C9H16O4/c1-2-7(10)5-9(8(11)12)3-4-13-6-9/h7,10H,2-6H2,1H3,(H,11,12). The Morgan fingerprint density at radius 2 is 2.38 bits per heavy atom. The third-order valence-electron chi connectivity index (χ3n) is 2.65. The Morgan fingerprint density at radius 3 is 2.77 bits per heavy atom. The molecular formula is C9H16O4. The normalized spacial score (nSPS) is 30.3. The maximum Gasteiger partial charge on any atom is 0.312 e. The van der Waals surface area contributed by atoms with Gasteiger partial charge in [0.2, 0.25) is 0 Å². The molecule has 1 fully saturated rings. The van der Waals surface area contributed by atoms with Gasteiger partial charge in [-0.1, -0.05) is 6.92 Å². The predicted molar refractivity (Wildman–Crippen MR) is 46.4 cm³/mol. The molecule has 4 heteroatoms. The fraction of sp³-hybridized carbons (Fsp3) is 0.889. The molecule has 0 spiro atoms. The molecule has 0 aromatic carbocycles. The fourth-order valence-corrected chi connectivity index (χ4v) is 1.62. The average molecular weight is 188 g/mol. The lowest BCUT2D eigenvalue weighted by atomic mass is 9.81. The number of ether oxygens (including phenoxy) is 1. The van der Waals surface area contributed by atoms with Gasteiger partial charge in [-0.3, -0.25) is 4.79 Å². The van der Waals surface area contributed by atoms with Crippen molar-refractivity contribution in [3.63, 3.8) is 0 Å². The van der Waals surface area contributed by atoms with Crippen LogP contribution in [0.25, 0.3) is 0 Å². The summed E-state index contributed by atoms with van der Waals surface area (Å²) in [6.45, 7) is 2.57. The van der Waals surface area contributed by atoms with E-state index in [4.69, 9.17) is 9.84 Å². The molecule has 0 aliphatic carbocycles. The van der Waals surface area contributed by atoms with E-state index in [0.717, 1.165) is 0 Å². The Kier molecular flexibility index (Phi) is 3.27. The van der Waals surface area contributed by atoms with Crippen molar-refractivity contribution in [1.82, 2.24) is 0 Å². The highest BCUT2D eigenvalue weighted by Crippen LogP contribution is 2.34. The third-order valence-corrected chi connectivity index (χ3v) is 2.65. The van der Waals surface area contributed by atoms with Crippen LogP contribution in [-0.2, 0) is 9.53 Å². The van der Waals surface area contributed by atoms with Gasteiger partial charge < -0.3 is 14.9 Å². The van der Waals surface area contributed by atoms with Crippen LogP contribution >= 0.6 is 0 Å². The van der Waals surface area contributed by atoms with Crippen LogP contribution in [0.3, 0.4) is 0 Å². The largest absolute Gasteiger partial charge is 0.481 e. The summed E-state index contributed by atoms with van der Waals surface area (Å²) in [4.78, 5) is 11.0. The van der Waals surface area contributed by atoms with Crippen LogP contribution in [-0.4, -0.2) is 35.5 Å². The molecular weight excluding hydrogens is 172 g/mol. The maximum atomic E-state index is 11.0. The molecule has 0 radical (unpaired) electrons. The number of rotatable bonds is 4. The molecule has 76 valence electrons. The second kappa shape index (κ2) is 4.07. The Hall–Kier alpha value is -0.610. The molecule has 0 aromatic rings. The van der Waals surface area contributed by atoms with Crippen LogP contribution in [0.4, 0.5) is 0 Å². The average Bonchev–Trinajstić information content (AvgIpc) is 2.54. The van der Waals surface area contributed by atoms with Crippen molar-refractivity contribution >= 4 is 5.97 Å². The van der Waals surface area contributed by atoms with Crippen LogP contribution < -0.4 is 0 Å². The van der Waals surface area contributed by atoms with E-state index in [1.165, 1.54) is 0 Å². The van der Waals surface area contributed by atoms with Gasteiger partial charge in [0.05, 0.1) is 18.1 Å². The first kappa shape index (κ1) is 10.5. The summed E-state index contributed by atoms with van der Waals surface area (Å²) in [5.74, 6) is -0.850. The molecule has 0 amide bonds. The first-order chi connectivity index (χ1) is 6.10. The summed E-state index contributed by atoms with van der Waals surface area (Å²) in [6.07, 6.45) is 0.880. The van der Waals surface area contributed by atoms with Crippen molar-refractivity contribution in [1.29, 1.82) is 0 Å². The highest BCUT2D eigenvalue weighted by Gasteiger charge is 2.43. The van der Waals surface area contributed by atoms with E-state index in [-0.39, 0.29) is 6.61 Å². The maximum absolute atomic E-state index is 11.0. The van der Waals surface area contributed by atoms with Gasteiger partial charge in [0.1, 0.15) is 0 Å². The van der Waals surface area contributed by atoms with Crippen molar-refractivity contribution in [2.45, 2.75) is 32.3 Å². The van der Waals surface area contributed by atoms with Gasteiger partial charge in [-0.2, -0.15) is 0 Å². The molecule has 2 atom stereocenters. The Labute approximate surface area is 77.5 Å². The molecule has 4 nitrogen and oxygen atoms in total. The Morgan fingerprint density at radius 1 is 1.69 bits per heavy atom. The smallest absolute Gasteiger partial charge is 0.312 e. The van der Waals surface area contributed by atoms with Crippen LogP contribution in [0.5, 0.6) is 0 Å². The number of aliphatic carboxylic acids is 1. The van der Waals surface area contributed by atoms with Gasteiger partial charge in [-0.15, -0.1) is 0 Å². The summed E-state index contributed by atoms with van der Waals surface area (Å²) in [5.41, 5.74) is -0.838. The number of aliphatic hydroxyl groups is 1. The Balaban J connectivity index is 2.62. The second-order valence-electron chi connectivity index (χ2n) is 3.65. The van der Waals surface area contributed by atoms with Gasteiger partial charge >= 0.3 is 5.97 Å². The zero-order valence-electron chi connectivity index (χ0n) is 7.82. The number of carboxylic acids is 1. The molecule has 13 heavy (non-hydrogen) atoms. The SMILES string of the molecule is CCC(O)CC1(C(=O)O)CCOC1. The monoisotopic (exact) mass is 188 g/mol. The van der Waals surface area contributed by atoms with Gasteiger partial charge in [0, 0.05) is 6.61 Å². The lowest BCUT2D eigenvalue weighted by Gasteiger charge is -2.24. The first-order valence-electron chi connectivity index (χ1n) is 4.60. The van der Waals surface area contributed by atoms with Crippen molar-refractivity contribution in [3.05, 3.63) is 0 Å². The topological polar surface area (TPSA) is 66.8 Å². The van der Waals surface area contributed by atoms with E-state index in [1.807, 2.05) is 6.92 Å². The molecule has 1 aliphatic heterocycles. The predicted octanol–water partition coefficient (Wildman–Crippen LogP) is 0.639. The number of hydrogen-bond acceptors (Lipinski definition) is 3. The lowest BCUT2D eigenvalue weighted by molar-refractivity contribution is -0.151. The van der Waals surface area contributed by atoms with Crippen LogP contribution in [0.15, 0.2) is 0 Å². The van der Waals surface area contributed by atoms with Gasteiger partial charge in [-0.25, -0.2) is 0 Å². The molecule has 1 rings (SSSR count). The molecule has 0 bridgehead atoms. The van der Waals surface area contributed by atoms with Crippen LogP contribution in [0.2, 0.25) is 0 Å². The first-order valence-corrected chi connectivity index (χ1v) is 4.60. The van der Waals surface area contributed by atoms with Gasteiger partial charge in [0.15, 0.2) is 0 Å². The van der Waals surface area contributed by atoms with Gasteiger partial charge in [0.25, 0.3) is 0 Å². The summed E-state index contributed by atoms with van der Waals surface area (Å²) < 4.78 is 5.08. The van der Waals surface area contributed by atoms with E-state index in [9.17, 15) is 9.90 Å². The summed E-state index contributed by atoms with van der Waals surface area (Å²) in [5, 5.41) is 18.4. The Bertz CT molecular complexity index is 184. The molecule has 0 saturated carbocycles. The fourth-order valence-electron chi connectivity index (χ4n) is 1.62. The summed E-state index contributed by atoms with van der Waals surface area (Å²) >= 11 is 0. The second-order valence-corrected chi connectivity index (χ2v) is 3.65. The zero-order valence-corrected chi connectivity index (χ0v) is 7.82. The molecule has 0 aromatic heterocycles. The highest BCUT2D eigenvalue weighted by atomic mass is 16.5. The minimum absolute atomic E-state index is 0.236. The van der Waals surface area contributed by atoms with Crippen LogP contribution in [0.1, 0.15) is 26.2 Å². The highest BCUT2D eigenvalue weighted by molar-refractivity contribution is 5.75. The van der Waals surface area contributed by atoms with Crippen molar-refractivity contribution < 1.29 is 19.7 Å². The zero-order chi connectivity index (χ0) is 9.90. The lowest BCUT2D eigenvalue weighted by Crippen LogP contribution is -2.35. The van der Waals surface area contributed by atoms with Crippen molar-refractivity contribution in [3.8, 4) is 0 Å². The van der Waals surface area contributed by atoms with E-state index in [2.05, 4.69) is 0 Å². The number of hydrogen-bond donors (Lipinski definition) is 2. The number of aliphatic hydroxyl groups excluding tert-OH is 1. The summed E-state index contributed by atoms with van der Waals surface area (Å²) in [7, 11) is 0. The molecule has 1 aliphatic rings. The minimum atomic E-state index is -0.850. The minimum Gasteiger partial charge on any atom is -0.481 e. The van der Waals surface area contributed by atoms with Crippen LogP contribution in [0, 0.1) is 5.41 Å². The quantitative estimate of drug-likeness (QED) is 0.679. The third kappa shape index (κ3) is 2.19. The van der Waals surface area contributed by atoms with Crippen molar-refractivity contribution in [2.24, 2.45) is 5.41 Å². The van der Waals surface area contributed by atoms with E-state index in [1.54, 1.807) is 0 Å². The molecule has 2 N–H and O–H groups in total. The van der Waals surface area contributed by atoms with E-state index < -0.39 is 17.5 Å². The summed E-state index contributed by atoms with van der Waals surface area (Å²) in [6, 6.07) is 0. The number of carboxylic acid groups (broad SMARTS) is 1. The molecule has 1 saturated heterocycles. The van der Waals surface area contributed by atoms with Gasteiger partial charge in [-0.05, 0) is 19.3 Å².